The van der Waals surface area contributed by atoms with E-state index in [2.05, 4.69) is 36.3 Å². The van der Waals surface area contributed by atoms with Crippen LogP contribution in [-0.4, -0.2) is 37.7 Å². The zero-order valence-corrected chi connectivity index (χ0v) is 19.1. The summed E-state index contributed by atoms with van der Waals surface area (Å²) in [5, 5.41) is 11.6. The van der Waals surface area contributed by atoms with Gasteiger partial charge in [-0.15, -0.1) is 10.2 Å². The van der Waals surface area contributed by atoms with Gasteiger partial charge in [0.1, 0.15) is 17.8 Å². The average Bonchev–Trinajstić information content (AvgIpc) is 3.22. The molecule has 1 amide bonds. The Hall–Kier alpha value is -3.13. The second kappa shape index (κ2) is 7.78. The van der Waals surface area contributed by atoms with Crippen molar-refractivity contribution in [2.45, 2.75) is 64.6 Å². The number of pyridine rings is 2. The van der Waals surface area contributed by atoms with E-state index in [9.17, 15) is 4.79 Å². The molecule has 32 heavy (non-hydrogen) atoms. The number of fused-ring (bicyclic) bond motifs is 1. The summed E-state index contributed by atoms with van der Waals surface area (Å²) in [7, 11) is 1.91. The lowest BCUT2D eigenvalue weighted by atomic mass is 9.99. The van der Waals surface area contributed by atoms with Crippen LogP contribution in [0.1, 0.15) is 73.4 Å². The van der Waals surface area contributed by atoms with Crippen LogP contribution in [0.15, 0.2) is 30.6 Å². The van der Waals surface area contributed by atoms with Crippen molar-refractivity contribution in [3.63, 3.8) is 0 Å². The minimum absolute atomic E-state index is 0.0155. The highest BCUT2D eigenvalue weighted by molar-refractivity contribution is 6.09. The molecule has 0 spiro atoms. The Balaban J connectivity index is 1.51. The maximum absolute atomic E-state index is 13.5. The van der Waals surface area contributed by atoms with Crippen molar-refractivity contribution < 1.29 is 4.79 Å². The van der Waals surface area contributed by atoms with Crippen molar-refractivity contribution in [1.29, 1.82) is 0 Å². The van der Waals surface area contributed by atoms with Gasteiger partial charge in [0.05, 0.1) is 12.2 Å². The Morgan fingerprint density at radius 2 is 2.06 bits per heavy atom. The summed E-state index contributed by atoms with van der Waals surface area (Å²) < 4.78 is 2.03. The molecule has 2 aliphatic rings. The minimum Gasteiger partial charge on any atom is -0.314 e. The summed E-state index contributed by atoms with van der Waals surface area (Å²) in [5.41, 5.74) is 4.54. The molecule has 1 N–H and O–H groups in total. The van der Waals surface area contributed by atoms with Gasteiger partial charge in [0.2, 0.25) is 0 Å². The first-order valence-electron chi connectivity index (χ1n) is 11.3. The van der Waals surface area contributed by atoms with Gasteiger partial charge in [0, 0.05) is 34.8 Å². The van der Waals surface area contributed by atoms with E-state index in [1.807, 2.05) is 35.9 Å². The molecule has 8 nitrogen and oxygen atoms in total. The largest absolute Gasteiger partial charge is 0.314 e. The van der Waals surface area contributed by atoms with E-state index >= 15 is 0 Å². The number of carbonyl (C=O) groups is 1. The predicted molar refractivity (Wildman–Crippen MR) is 122 cm³/mol. The molecule has 0 aromatic carbocycles. The van der Waals surface area contributed by atoms with E-state index in [0.29, 0.717) is 30.4 Å². The molecule has 1 saturated carbocycles. The molecule has 0 saturated heterocycles. The third-order valence-corrected chi connectivity index (χ3v) is 6.84. The second-order valence-electron chi connectivity index (χ2n) is 9.16. The van der Waals surface area contributed by atoms with Gasteiger partial charge in [0.25, 0.3) is 5.91 Å². The minimum atomic E-state index is -0.0155. The van der Waals surface area contributed by atoms with Crippen LogP contribution < -0.4 is 10.2 Å². The van der Waals surface area contributed by atoms with Crippen LogP contribution in [0.4, 0.5) is 5.82 Å². The third kappa shape index (κ3) is 3.39. The Kier molecular flexibility index (Phi) is 5.04. The molecule has 1 unspecified atom stereocenters. The zero-order valence-electron chi connectivity index (χ0n) is 19.1. The number of amides is 1. The van der Waals surface area contributed by atoms with Crippen molar-refractivity contribution in [2.75, 3.05) is 11.9 Å². The van der Waals surface area contributed by atoms with Crippen LogP contribution in [0, 0.1) is 0 Å². The zero-order chi connectivity index (χ0) is 22.5. The van der Waals surface area contributed by atoms with Crippen LogP contribution >= 0.6 is 0 Å². The monoisotopic (exact) mass is 431 g/mol. The highest BCUT2D eigenvalue weighted by Crippen LogP contribution is 2.47. The van der Waals surface area contributed by atoms with Gasteiger partial charge in [-0.1, -0.05) is 19.9 Å². The molecule has 0 bridgehead atoms. The van der Waals surface area contributed by atoms with Crippen LogP contribution in [0.25, 0.3) is 11.5 Å². The Labute approximate surface area is 188 Å². The number of nitrogens with one attached hydrogen (secondary N) is 1. The molecule has 166 valence electrons. The van der Waals surface area contributed by atoms with Crippen LogP contribution in [0.3, 0.4) is 0 Å². The Bertz CT molecular complexity index is 1180. The normalized spacial score (nSPS) is 17.5. The molecule has 3 aromatic heterocycles. The van der Waals surface area contributed by atoms with Gasteiger partial charge >= 0.3 is 0 Å². The predicted octanol–water partition coefficient (Wildman–Crippen LogP) is 3.64. The number of nitrogens with zero attached hydrogens (tertiary/aromatic N) is 6. The fourth-order valence-electron chi connectivity index (χ4n) is 4.26. The molecule has 4 heterocycles. The molecule has 1 aliphatic carbocycles. The SMILES string of the molecule is CCC(C)n1cnnc1-c1cccc(N2Cc3c(cc(C4(C)CC4)nc3CNC)C2=O)n1. The summed E-state index contributed by atoms with van der Waals surface area (Å²) in [5.74, 6) is 1.32. The highest BCUT2D eigenvalue weighted by atomic mass is 16.2. The van der Waals surface area contributed by atoms with Crippen molar-refractivity contribution in [1.82, 2.24) is 30.0 Å². The molecule has 1 atom stereocenters. The quantitative estimate of drug-likeness (QED) is 0.614. The molecular weight excluding hydrogens is 402 g/mol. The van der Waals surface area contributed by atoms with E-state index in [0.717, 1.165) is 41.8 Å². The van der Waals surface area contributed by atoms with Crippen LogP contribution in [-0.2, 0) is 18.5 Å². The number of aromatic nitrogens is 5. The topological polar surface area (TPSA) is 88.8 Å². The van der Waals surface area contributed by atoms with Crippen LogP contribution in [0.5, 0.6) is 0 Å². The van der Waals surface area contributed by atoms with Gasteiger partial charge in [-0.2, -0.15) is 0 Å². The lowest BCUT2D eigenvalue weighted by Crippen LogP contribution is -2.24. The first-order valence-corrected chi connectivity index (χ1v) is 11.3. The van der Waals surface area contributed by atoms with Crippen LogP contribution in [0.2, 0.25) is 0 Å². The summed E-state index contributed by atoms with van der Waals surface area (Å²) in [6, 6.07) is 7.99. The van der Waals surface area contributed by atoms with Gasteiger partial charge in [0.15, 0.2) is 5.82 Å². The second-order valence-corrected chi connectivity index (χ2v) is 9.16. The van der Waals surface area contributed by atoms with E-state index < -0.39 is 0 Å². The maximum Gasteiger partial charge on any atom is 0.260 e. The summed E-state index contributed by atoms with van der Waals surface area (Å²) in [4.78, 5) is 25.0. The standard InChI is InChI=1S/C24H29N7O/c1-5-15(2)31-14-26-29-22(31)18-7-6-8-21(28-18)30-13-17-16(23(30)32)11-20(24(3)9-10-24)27-19(17)12-25-4/h6-8,11,14-15,25H,5,9-10,12-13H2,1-4H3. The van der Waals surface area contributed by atoms with Crippen molar-refractivity contribution in [3.05, 3.63) is 53.1 Å². The molecule has 3 aromatic rings. The van der Waals surface area contributed by atoms with E-state index in [4.69, 9.17) is 9.97 Å². The number of rotatable bonds is 7. The molecule has 5 rings (SSSR count). The van der Waals surface area contributed by atoms with Crippen molar-refractivity contribution in [3.8, 4) is 11.5 Å². The molecular formula is C24H29N7O. The Morgan fingerprint density at radius 1 is 1.25 bits per heavy atom. The van der Waals surface area contributed by atoms with Crippen molar-refractivity contribution in [2.24, 2.45) is 0 Å². The van der Waals surface area contributed by atoms with Gasteiger partial charge < -0.3 is 9.88 Å². The average molecular weight is 432 g/mol. The fourth-order valence-corrected chi connectivity index (χ4v) is 4.26. The first kappa shape index (κ1) is 20.8. The summed E-state index contributed by atoms with van der Waals surface area (Å²) in [6.45, 7) is 7.60. The smallest absolute Gasteiger partial charge is 0.260 e. The number of carbonyl (C=O) groups excluding carboxylic acids is 1. The van der Waals surface area contributed by atoms with Gasteiger partial charge in [-0.3, -0.25) is 14.7 Å². The molecule has 1 aliphatic heterocycles. The van der Waals surface area contributed by atoms with E-state index in [-0.39, 0.29) is 17.4 Å². The Morgan fingerprint density at radius 3 is 2.78 bits per heavy atom. The summed E-state index contributed by atoms with van der Waals surface area (Å²) >= 11 is 0. The highest BCUT2D eigenvalue weighted by Gasteiger charge is 2.43. The maximum atomic E-state index is 13.5. The van der Waals surface area contributed by atoms with Gasteiger partial charge in [-0.05, 0) is 51.4 Å². The first-order chi connectivity index (χ1) is 15.4. The third-order valence-electron chi connectivity index (χ3n) is 6.84. The molecule has 0 radical (unpaired) electrons. The molecule has 1 fully saturated rings. The number of hydrogen-bond donors (Lipinski definition) is 1. The van der Waals surface area contributed by atoms with Gasteiger partial charge in [-0.25, -0.2) is 4.98 Å². The van der Waals surface area contributed by atoms with E-state index in [1.165, 1.54) is 0 Å². The molecule has 8 heteroatoms. The fraction of sp³-hybridized carbons (Fsp3) is 0.458. The van der Waals surface area contributed by atoms with Crippen molar-refractivity contribution >= 4 is 11.7 Å². The lowest BCUT2D eigenvalue weighted by Gasteiger charge is -2.17. The summed E-state index contributed by atoms with van der Waals surface area (Å²) in [6.07, 6.45) is 4.95. The number of hydrogen-bond acceptors (Lipinski definition) is 6. The number of anilines is 1. The van der Waals surface area contributed by atoms with E-state index in [1.54, 1.807) is 11.2 Å². The lowest BCUT2D eigenvalue weighted by molar-refractivity contribution is 0.0996.